The molecule has 4 rings (SSSR count). The monoisotopic (exact) mass is 393 g/mol. The van der Waals surface area contributed by atoms with E-state index in [2.05, 4.69) is 16.9 Å². The van der Waals surface area contributed by atoms with E-state index in [-0.39, 0.29) is 5.92 Å². The minimum absolute atomic E-state index is 0.219. The second-order valence-corrected chi connectivity index (χ2v) is 9.54. The van der Waals surface area contributed by atoms with Gasteiger partial charge >= 0.3 is 0 Å². The SMILES string of the molecule is O=S(=O)(NCC(c1ccccc1)C1CCCCC1)c1ccc2ccccc2c1. The molecule has 1 atom stereocenters. The number of fused-ring (bicyclic) bond motifs is 1. The molecule has 1 N–H and O–H groups in total. The van der Waals surface area contributed by atoms with Gasteiger partial charge in [0.2, 0.25) is 10.0 Å². The van der Waals surface area contributed by atoms with Crippen LogP contribution in [0.25, 0.3) is 10.8 Å². The smallest absolute Gasteiger partial charge is 0.211 e. The van der Waals surface area contributed by atoms with Crippen molar-refractivity contribution in [2.45, 2.75) is 42.9 Å². The van der Waals surface area contributed by atoms with Gasteiger partial charge < -0.3 is 0 Å². The van der Waals surface area contributed by atoms with Gasteiger partial charge in [0, 0.05) is 12.5 Å². The molecular weight excluding hydrogens is 366 g/mol. The van der Waals surface area contributed by atoms with Crippen LogP contribution in [-0.4, -0.2) is 15.0 Å². The summed E-state index contributed by atoms with van der Waals surface area (Å²) in [6.45, 7) is 0.448. The molecule has 0 aliphatic heterocycles. The molecule has 1 saturated carbocycles. The molecule has 3 nitrogen and oxygen atoms in total. The van der Waals surface area contributed by atoms with Gasteiger partial charge in [0.1, 0.15) is 0 Å². The minimum atomic E-state index is -3.54. The zero-order chi connectivity index (χ0) is 19.4. The van der Waals surface area contributed by atoms with Gasteiger partial charge in [0.25, 0.3) is 0 Å². The van der Waals surface area contributed by atoms with Gasteiger partial charge in [0.15, 0.2) is 0 Å². The average Bonchev–Trinajstić information content (AvgIpc) is 2.75. The fraction of sp³-hybridized carbons (Fsp3) is 0.333. The number of nitrogens with one attached hydrogen (secondary N) is 1. The molecule has 0 aromatic heterocycles. The fourth-order valence-corrected chi connectivity index (χ4v) is 5.51. The molecule has 0 amide bonds. The van der Waals surface area contributed by atoms with E-state index in [0.717, 1.165) is 10.8 Å². The minimum Gasteiger partial charge on any atom is -0.211 e. The van der Waals surface area contributed by atoms with Crippen LogP contribution in [0.15, 0.2) is 77.7 Å². The summed E-state index contributed by atoms with van der Waals surface area (Å²) in [6.07, 6.45) is 6.13. The quantitative estimate of drug-likeness (QED) is 0.602. The van der Waals surface area contributed by atoms with E-state index in [1.54, 1.807) is 12.1 Å². The zero-order valence-electron chi connectivity index (χ0n) is 16.1. The summed E-state index contributed by atoms with van der Waals surface area (Å²) in [6, 6.07) is 23.5. The van der Waals surface area contributed by atoms with Gasteiger partial charge in [-0.1, -0.05) is 79.9 Å². The molecule has 1 aliphatic carbocycles. The molecule has 1 aliphatic rings. The summed E-state index contributed by atoms with van der Waals surface area (Å²) in [4.78, 5) is 0.335. The van der Waals surface area contributed by atoms with Crippen LogP contribution in [0.2, 0.25) is 0 Å². The Bertz CT molecular complexity index is 1020. The lowest BCUT2D eigenvalue weighted by atomic mass is 9.77. The van der Waals surface area contributed by atoms with Gasteiger partial charge in [-0.05, 0) is 47.2 Å². The first-order valence-electron chi connectivity index (χ1n) is 10.2. The molecule has 1 fully saturated rings. The van der Waals surface area contributed by atoms with Gasteiger partial charge in [-0.3, -0.25) is 0 Å². The Balaban J connectivity index is 1.56. The molecule has 0 radical (unpaired) electrons. The molecule has 146 valence electrons. The lowest BCUT2D eigenvalue weighted by Crippen LogP contribution is -2.32. The molecular formula is C24H27NO2S. The second kappa shape index (κ2) is 8.46. The Morgan fingerprint density at radius 1 is 0.821 bits per heavy atom. The third kappa shape index (κ3) is 4.29. The molecule has 1 unspecified atom stereocenters. The van der Waals surface area contributed by atoms with Crippen LogP contribution in [0, 0.1) is 5.92 Å². The van der Waals surface area contributed by atoms with Crippen molar-refractivity contribution in [3.63, 3.8) is 0 Å². The van der Waals surface area contributed by atoms with Crippen LogP contribution in [0.1, 0.15) is 43.6 Å². The van der Waals surface area contributed by atoms with E-state index in [9.17, 15) is 8.42 Å². The molecule has 3 aromatic carbocycles. The first-order valence-corrected chi connectivity index (χ1v) is 11.7. The van der Waals surface area contributed by atoms with Gasteiger partial charge in [-0.25, -0.2) is 13.1 Å². The molecule has 28 heavy (non-hydrogen) atoms. The van der Waals surface area contributed by atoms with E-state index in [4.69, 9.17) is 0 Å². The predicted octanol–water partition coefficient (Wildman–Crippen LogP) is 5.48. The lowest BCUT2D eigenvalue weighted by Gasteiger charge is -2.31. The van der Waals surface area contributed by atoms with Crippen molar-refractivity contribution < 1.29 is 8.42 Å². The number of hydrogen-bond donors (Lipinski definition) is 1. The highest BCUT2D eigenvalue weighted by atomic mass is 32.2. The first-order chi connectivity index (χ1) is 13.6. The summed E-state index contributed by atoms with van der Waals surface area (Å²) >= 11 is 0. The van der Waals surface area contributed by atoms with E-state index < -0.39 is 10.0 Å². The van der Waals surface area contributed by atoms with Gasteiger partial charge in [0.05, 0.1) is 4.90 Å². The number of hydrogen-bond acceptors (Lipinski definition) is 2. The van der Waals surface area contributed by atoms with Crippen LogP contribution >= 0.6 is 0 Å². The molecule has 0 spiro atoms. The van der Waals surface area contributed by atoms with Crippen molar-refractivity contribution in [1.82, 2.24) is 4.72 Å². The molecule has 0 heterocycles. The van der Waals surface area contributed by atoms with E-state index >= 15 is 0 Å². The maximum absolute atomic E-state index is 13.0. The highest BCUT2D eigenvalue weighted by Gasteiger charge is 2.27. The normalized spacial score (nSPS) is 16.9. The average molecular weight is 394 g/mol. The van der Waals surface area contributed by atoms with E-state index in [1.807, 2.05) is 48.5 Å². The van der Waals surface area contributed by atoms with Crippen LogP contribution in [0.5, 0.6) is 0 Å². The Morgan fingerprint density at radius 3 is 2.25 bits per heavy atom. The molecule has 0 saturated heterocycles. The third-order valence-corrected chi connectivity index (χ3v) is 7.39. The Kier molecular flexibility index (Phi) is 5.79. The molecule has 3 aromatic rings. The van der Waals surface area contributed by atoms with Crippen LogP contribution < -0.4 is 4.72 Å². The summed E-state index contributed by atoms with van der Waals surface area (Å²) in [7, 11) is -3.54. The third-order valence-electron chi connectivity index (χ3n) is 5.97. The van der Waals surface area contributed by atoms with Crippen LogP contribution in [-0.2, 0) is 10.0 Å². The van der Waals surface area contributed by atoms with Crippen LogP contribution in [0.3, 0.4) is 0 Å². The number of benzene rings is 3. The summed E-state index contributed by atoms with van der Waals surface area (Å²) in [5.41, 5.74) is 1.23. The maximum Gasteiger partial charge on any atom is 0.240 e. The first kappa shape index (κ1) is 19.2. The predicted molar refractivity (Wildman–Crippen MR) is 115 cm³/mol. The lowest BCUT2D eigenvalue weighted by molar-refractivity contribution is 0.303. The van der Waals surface area contributed by atoms with Crippen LogP contribution in [0.4, 0.5) is 0 Å². The van der Waals surface area contributed by atoms with Crippen molar-refractivity contribution in [2.75, 3.05) is 6.54 Å². The number of sulfonamides is 1. The van der Waals surface area contributed by atoms with E-state index in [1.165, 1.54) is 37.7 Å². The molecule has 0 bridgehead atoms. The Morgan fingerprint density at radius 2 is 1.50 bits per heavy atom. The van der Waals surface area contributed by atoms with Crippen molar-refractivity contribution >= 4 is 20.8 Å². The van der Waals surface area contributed by atoms with Crippen molar-refractivity contribution in [2.24, 2.45) is 5.92 Å². The second-order valence-electron chi connectivity index (χ2n) is 7.78. The maximum atomic E-state index is 13.0. The van der Waals surface area contributed by atoms with Crippen molar-refractivity contribution in [3.8, 4) is 0 Å². The Labute approximate surface area is 167 Å². The topological polar surface area (TPSA) is 46.2 Å². The largest absolute Gasteiger partial charge is 0.240 e. The fourth-order valence-electron chi connectivity index (χ4n) is 4.41. The van der Waals surface area contributed by atoms with Crippen molar-refractivity contribution in [1.29, 1.82) is 0 Å². The van der Waals surface area contributed by atoms with E-state index in [0.29, 0.717) is 17.4 Å². The van der Waals surface area contributed by atoms with Gasteiger partial charge in [-0.2, -0.15) is 0 Å². The highest BCUT2D eigenvalue weighted by molar-refractivity contribution is 7.89. The summed E-state index contributed by atoms with van der Waals surface area (Å²) in [5.74, 6) is 0.757. The summed E-state index contributed by atoms with van der Waals surface area (Å²) in [5, 5.41) is 1.99. The summed E-state index contributed by atoms with van der Waals surface area (Å²) < 4.78 is 28.9. The van der Waals surface area contributed by atoms with Gasteiger partial charge in [-0.15, -0.1) is 0 Å². The standard InChI is InChI=1S/C24H27NO2S/c26-28(27,23-16-15-19-9-7-8-14-22(19)17-23)25-18-24(20-10-3-1-4-11-20)21-12-5-2-6-13-21/h1,3-4,7-11,14-17,21,24-25H,2,5-6,12-13,18H2. The van der Waals surface area contributed by atoms with Crippen molar-refractivity contribution in [3.05, 3.63) is 78.4 Å². The zero-order valence-corrected chi connectivity index (χ0v) is 16.9. The Hall–Kier alpha value is -2.17. The number of rotatable bonds is 6. The molecule has 4 heteroatoms. The highest BCUT2D eigenvalue weighted by Crippen LogP contribution is 2.36.